The fraction of sp³-hybridized carbons (Fsp3) is 0.387. The molecule has 2 aliphatic rings. The van der Waals surface area contributed by atoms with Crippen LogP contribution in [-0.4, -0.2) is 48.4 Å². The van der Waals surface area contributed by atoms with Crippen LogP contribution in [-0.2, 0) is 10.2 Å². The van der Waals surface area contributed by atoms with E-state index in [1.807, 2.05) is 12.1 Å². The summed E-state index contributed by atoms with van der Waals surface area (Å²) < 4.78 is 0. The Balaban J connectivity index is 1.40. The number of piperidine rings is 1. The summed E-state index contributed by atoms with van der Waals surface area (Å²) in [7, 11) is 0. The van der Waals surface area contributed by atoms with Gasteiger partial charge in [0.2, 0.25) is 5.91 Å². The standard InChI is InChI=1S/C31H36N2O/c34-30(33-21-10-11-22-33)31(28-14-6-2-7-15-28,29-16-8-3-9-17-29)20-25-32-23-18-27(19-24-32)26-12-4-1-5-13-26/h1-9,12-17,27H,10-11,18-25H2. The van der Waals surface area contributed by atoms with Gasteiger partial charge < -0.3 is 9.80 Å². The topological polar surface area (TPSA) is 23.6 Å². The van der Waals surface area contributed by atoms with E-state index in [9.17, 15) is 4.79 Å². The Morgan fingerprint density at radius 2 is 1.21 bits per heavy atom. The van der Waals surface area contributed by atoms with Gasteiger partial charge >= 0.3 is 0 Å². The maximum Gasteiger partial charge on any atom is 0.237 e. The van der Waals surface area contributed by atoms with Crippen LogP contribution in [0.3, 0.4) is 0 Å². The molecule has 0 aromatic heterocycles. The fourth-order valence-electron chi connectivity index (χ4n) is 5.99. The first-order valence-electron chi connectivity index (χ1n) is 12.9. The lowest BCUT2D eigenvalue weighted by Crippen LogP contribution is -2.49. The molecule has 0 saturated carbocycles. The van der Waals surface area contributed by atoms with E-state index in [1.165, 1.54) is 18.4 Å². The largest absolute Gasteiger partial charge is 0.342 e. The molecule has 2 heterocycles. The number of benzene rings is 3. The summed E-state index contributed by atoms with van der Waals surface area (Å²) in [5.41, 5.74) is 3.08. The minimum Gasteiger partial charge on any atom is -0.342 e. The fourth-order valence-corrected chi connectivity index (χ4v) is 5.99. The maximum atomic E-state index is 14.3. The van der Waals surface area contributed by atoms with Gasteiger partial charge in [0, 0.05) is 13.1 Å². The molecule has 3 heteroatoms. The van der Waals surface area contributed by atoms with Crippen LogP contribution < -0.4 is 0 Å². The third kappa shape index (κ3) is 4.67. The molecule has 0 aliphatic carbocycles. The molecule has 0 atom stereocenters. The predicted octanol–water partition coefficient (Wildman–Crippen LogP) is 5.86. The van der Waals surface area contributed by atoms with Gasteiger partial charge in [-0.15, -0.1) is 0 Å². The molecule has 34 heavy (non-hydrogen) atoms. The van der Waals surface area contributed by atoms with E-state index in [1.54, 1.807) is 0 Å². The van der Waals surface area contributed by atoms with Crippen LogP contribution in [0, 0.1) is 0 Å². The Morgan fingerprint density at radius 1 is 0.706 bits per heavy atom. The number of carbonyl (C=O) groups excluding carboxylic acids is 1. The lowest BCUT2D eigenvalue weighted by molar-refractivity contribution is -0.135. The Bertz CT molecular complexity index is 997. The highest BCUT2D eigenvalue weighted by atomic mass is 16.2. The van der Waals surface area contributed by atoms with Gasteiger partial charge in [0.15, 0.2) is 0 Å². The lowest BCUT2D eigenvalue weighted by atomic mass is 9.70. The van der Waals surface area contributed by atoms with Crippen molar-refractivity contribution in [1.82, 2.24) is 9.80 Å². The van der Waals surface area contributed by atoms with Crippen molar-refractivity contribution in [2.24, 2.45) is 0 Å². The number of likely N-dealkylation sites (tertiary alicyclic amines) is 2. The molecule has 0 radical (unpaired) electrons. The van der Waals surface area contributed by atoms with Crippen LogP contribution in [0.2, 0.25) is 0 Å². The molecule has 1 amide bonds. The number of nitrogens with zero attached hydrogens (tertiary/aromatic N) is 2. The van der Waals surface area contributed by atoms with Crippen molar-refractivity contribution in [3.05, 3.63) is 108 Å². The molecule has 2 saturated heterocycles. The summed E-state index contributed by atoms with van der Waals surface area (Å²) in [4.78, 5) is 19.0. The summed E-state index contributed by atoms with van der Waals surface area (Å²) in [6.45, 7) is 4.88. The summed E-state index contributed by atoms with van der Waals surface area (Å²) in [6.07, 6.45) is 5.41. The highest BCUT2D eigenvalue weighted by molar-refractivity contribution is 5.92. The van der Waals surface area contributed by atoms with Gasteiger partial charge in [0.05, 0.1) is 0 Å². The zero-order valence-electron chi connectivity index (χ0n) is 20.1. The van der Waals surface area contributed by atoms with E-state index in [0.717, 1.165) is 63.1 Å². The number of hydrogen-bond donors (Lipinski definition) is 0. The average molecular weight is 453 g/mol. The minimum atomic E-state index is -0.636. The molecule has 0 bridgehead atoms. The van der Waals surface area contributed by atoms with Crippen LogP contribution in [0.15, 0.2) is 91.0 Å². The van der Waals surface area contributed by atoms with Crippen molar-refractivity contribution < 1.29 is 4.79 Å². The van der Waals surface area contributed by atoms with E-state index < -0.39 is 5.41 Å². The van der Waals surface area contributed by atoms with Crippen LogP contribution in [0.25, 0.3) is 0 Å². The van der Waals surface area contributed by atoms with Gasteiger partial charge in [-0.25, -0.2) is 0 Å². The lowest BCUT2D eigenvalue weighted by Gasteiger charge is -2.40. The van der Waals surface area contributed by atoms with E-state index >= 15 is 0 Å². The normalized spacial score (nSPS) is 17.7. The SMILES string of the molecule is O=C(N1CCCC1)C(CCN1CCC(c2ccccc2)CC1)(c1ccccc1)c1ccccc1. The zero-order chi connectivity index (χ0) is 23.2. The Labute approximate surface area is 204 Å². The van der Waals surface area contributed by atoms with Crippen molar-refractivity contribution in [3.8, 4) is 0 Å². The molecule has 2 fully saturated rings. The first kappa shape index (κ1) is 22.9. The molecule has 2 aliphatic heterocycles. The number of carbonyl (C=O) groups is 1. The summed E-state index contributed by atoms with van der Waals surface area (Å²) in [5.74, 6) is 0.929. The molecule has 3 nitrogen and oxygen atoms in total. The van der Waals surface area contributed by atoms with Crippen molar-refractivity contribution >= 4 is 5.91 Å². The first-order valence-corrected chi connectivity index (χ1v) is 12.9. The van der Waals surface area contributed by atoms with Gasteiger partial charge in [-0.1, -0.05) is 91.0 Å². The Hall–Kier alpha value is -2.91. The third-order valence-electron chi connectivity index (χ3n) is 7.95. The van der Waals surface area contributed by atoms with E-state index in [2.05, 4.69) is 88.7 Å². The van der Waals surface area contributed by atoms with Crippen LogP contribution in [0.1, 0.15) is 54.7 Å². The molecule has 0 unspecified atom stereocenters. The molecule has 0 spiro atoms. The highest BCUT2D eigenvalue weighted by Crippen LogP contribution is 2.39. The smallest absolute Gasteiger partial charge is 0.237 e. The Kier molecular flexibility index (Phi) is 7.10. The van der Waals surface area contributed by atoms with Crippen molar-refractivity contribution in [1.29, 1.82) is 0 Å². The number of hydrogen-bond acceptors (Lipinski definition) is 2. The van der Waals surface area contributed by atoms with Gasteiger partial charge in [-0.05, 0) is 74.3 Å². The Morgan fingerprint density at radius 3 is 1.74 bits per heavy atom. The number of amides is 1. The average Bonchev–Trinajstić information content (AvgIpc) is 3.46. The summed E-state index contributed by atoms with van der Waals surface area (Å²) >= 11 is 0. The van der Waals surface area contributed by atoms with Gasteiger partial charge in [0.1, 0.15) is 5.41 Å². The molecule has 0 N–H and O–H groups in total. The molecule has 3 aromatic rings. The zero-order valence-corrected chi connectivity index (χ0v) is 20.1. The second kappa shape index (κ2) is 10.6. The van der Waals surface area contributed by atoms with Gasteiger partial charge in [0.25, 0.3) is 0 Å². The van der Waals surface area contributed by atoms with Crippen LogP contribution in [0.5, 0.6) is 0 Å². The maximum absolute atomic E-state index is 14.3. The second-order valence-electron chi connectivity index (χ2n) is 9.91. The van der Waals surface area contributed by atoms with Crippen LogP contribution in [0.4, 0.5) is 0 Å². The third-order valence-corrected chi connectivity index (χ3v) is 7.95. The van der Waals surface area contributed by atoms with Crippen LogP contribution >= 0.6 is 0 Å². The summed E-state index contributed by atoms with van der Waals surface area (Å²) in [5, 5.41) is 0. The molecular weight excluding hydrogens is 416 g/mol. The highest BCUT2D eigenvalue weighted by Gasteiger charge is 2.45. The first-order chi connectivity index (χ1) is 16.8. The van der Waals surface area contributed by atoms with Crippen molar-refractivity contribution in [2.75, 3.05) is 32.7 Å². The van der Waals surface area contributed by atoms with E-state index in [4.69, 9.17) is 0 Å². The number of rotatable bonds is 7. The monoisotopic (exact) mass is 452 g/mol. The predicted molar refractivity (Wildman–Crippen MR) is 139 cm³/mol. The van der Waals surface area contributed by atoms with Crippen molar-refractivity contribution in [3.63, 3.8) is 0 Å². The molecular formula is C31H36N2O. The molecule has 3 aromatic carbocycles. The molecule has 5 rings (SSSR count). The van der Waals surface area contributed by atoms with Gasteiger partial charge in [-0.3, -0.25) is 4.79 Å². The minimum absolute atomic E-state index is 0.279. The second-order valence-corrected chi connectivity index (χ2v) is 9.91. The summed E-state index contributed by atoms with van der Waals surface area (Å²) in [6, 6.07) is 32.0. The quantitative estimate of drug-likeness (QED) is 0.448. The van der Waals surface area contributed by atoms with Crippen molar-refractivity contribution in [2.45, 2.75) is 43.4 Å². The van der Waals surface area contributed by atoms with E-state index in [0.29, 0.717) is 5.92 Å². The molecule has 176 valence electrons. The van der Waals surface area contributed by atoms with E-state index in [-0.39, 0.29) is 5.91 Å². The van der Waals surface area contributed by atoms with Gasteiger partial charge in [-0.2, -0.15) is 0 Å².